The van der Waals surface area contributed by atoms with Gasteiger partial charge in [0, 0.05) is 23.8 Å². The predicted octanol–water partition coefficient (Wildman–Crippen LogP) is 0.604. The van der Waals surface area contributed by atoms with Crippen molar-refractivity contribution in [2.45, 2.75) is 6.54 Å². The second-order valence-electron chi connectivity index (χ2n) is 2.66. The average molecular weight is 162 g/mol. The van der Waals surface area contributed by atoms with Gasteiger partial charge in [-0.2, -0.15) is 0 Å². The number of aromatic nitrogens is 2. The minimum Gasteiger partial charge on any atom is -0.383 e. The van der Waals surface area contributed by atoms with Crippen LogP contribution in [0.3, 0.4) is 0 Å². The van der Waals surface area contributed by atoms with Gasteiger partial charge >= 0.3 is 0 Å². The Hall–Kier alpha value is -1.55. The molecule has 0 unspecified atom stereocenters. The predicted molar refractivity (Wildman–Crippen MR) is 48.4 cm³/mol. The summed E-state index contributed by atoms with van der Waals surface area (Å²) in [6.07, 6.45) is 1.68. The third-order valence-corrected chi connectivity index (χ3v) is 1.85. The minimum absolute atomic E-state index is 0.494. The van der Waals surface area contributed by atoms with Gasteiger partial charge in [-0.25, -0.2) is 4.98 Å². The molecule has 5 N–H and O–H groups in total. The fourth-order valence-corrected chi connectivity index (χ4v) is 1.24. The topological polar surface area (TPSA) is 80.7 Å². The summed E-state index contributed by atoms with van der Waals surface area (Å²) in [6.45, 7) is 0.494. The van der Waals surface area contributed by atoms with Gasteiger partial charge in [0.15, 0.2) is 0 Å². The maximum absolute atomic E-state index is 5.65. The van der Waals surface area contributed by atoms with E-state index < -0.39 is 0 Å². The molecule has 0 aliphatic heterocycles. The van der Waals surface area contributed by atoms with Gasteiger partial charge in [-0.1, -0.05) is 0 Å². The Balaban J connectivity index is 2.74. The molecule has 0 atom stereocenters. The number of H-pyrrole nitrogens is 1. The molecule has 0 radical (unpaired) electrons. The number of anilines is 1. The smallest absolute Gasteiger partial charge is 0.132 e. The second kappa shape index (κ2) is 2.49. The largest absolute Gasteiger partial charge is 0.383 e. The maximum atomic E-state index is 5.65. The molecule has 0 aliphatic rings. The van der Waals surface area contributed by atoms with Crippen LogP contribution in [-0.4, -0.2) is 9.97 Å². The van der Waals surface area contributed by atoms with Crippen LogP contribution in [0, 0.1) is 0 Å². The number of nitrogens with two attached hydrogens (primary N) is 2. The number of nitrogens with zero attached hydrogens (tertiary/aromatic N) is 1. The molecule has 0 spiro atoms. The lowest BCUT2D eigenvalue weighted by Crippen LogP contribution is -1.94. The Morgan fingerprint density at radius 1 is 1.50 bits per heavy atom. The summed E-state index contributed by atoms with van der Waals surface area (Å²) in [5, 5.41) is 0.943. The summed E-state index contributed by atoms with van der Waals surface area (Å²) in [7, 11) is 0. The number of hydrogen-bond acceptors (Lipinski definition) is 3. The van der Waals surface area contributed by atoms with Gasteiger partial charge in [-0.3, -0.25) is 0 Å². The van der Waals surface area contributed by atoms with E-state index in [0.717, 1.165) is 16.6 Å². The van der Waals surface area contributed by atoms with Gasteiger partial charge in [0.1, 0.15) is 5.82 Å². The van der Waals surface area contributed by atoms with Gasteiger partial charge in [-0.15, -0.1) is 0 Å². The highest BCUT2D eigenvalue weighted by Crippen LogP contribution is 2.18. The molecule has 0 aliphatic carbocycles. The van der Waals surface area contributed by atoms with Crippen LogP contribution in [0.4, 0.5) is 5.82 Å². The zero-order valence-electron chi connectivity index (χ0n) is 6.54. The van der Waals surface area contributed by atoms with Crippen LogP contribution >= 0.6 is 0 Å². The van der Waals surface area contributed by atoms with E-state index in [1.807, 2.05) is 12.1 Å². The quantitative estimate of drug-likeness (QED) is 0.574. The number of rotatable bonds is 1. The Morgan fingerprint density at radius 3 is 3.00 bits per heavy atom. The second-order valence-corrected chi connectivity index (χ2v) is 2.66. The van der Waals surface area contributed by atoms with Crippen LogP contribution in [-0.2, 0) is 6.54 Å². The molecule has 0 aromatic carbocycles. The van der Waals surface area contributed by atoms with Crippen molar-refractivity contribution in [1.29, 1.82) is 0 Å². The molecular formula is C8H10N4. The van der Waals surface area contributed by atoms with Crippen molar-refractivity contribution in [2.24, 2.45) is 5.73 Å². The number of nitrogens with one attached hydrogen (secondary N) is 1. The van der Waals surface area contributed by atoms with Gasteiger partial charge in [0.05, 0.1) is 5.52 Å². The first-order chi connectivity index (χ1) is 5.81. The summed E-state index contributed by atoms with van der Waals surface area (Å²) >= 11 is 0. The molecule has 2 rings (SSSR count). The van der Waals surface area contributed by atoms with E-state index in [0.29, 0.717) is 12.4 Å². The normalized spacial score (nSPS) is 10.8. The first-order valence-electron chi connectivity index (χ1n) is 3.73. The fraction of sp³-hybridized carbons (Fsp3) is 0.125. The van der Waals surface area contributed by atoms with Crippen molar-refractivity contribution in [2.75, 3.05) is 5.73 Å². The third-order valence-electron chi connectivity index (χ3n) is 1.85. The number of hydrogen-bond donors (Lipinski definition) is 3. The molecular weight excluding hydrogens is 152 g/mol. The van der Waals surface area contributed by atoms with E-state index in [4.69, 9.17) is 11.5 Å². The highest BCUT2D eigenvalue weighted by molar-refractivity contribution is 5.89. The van der Waals surface area contributed by atoms with Crippen molar-refractivity contribution in [3.63, 3.8) is 0 Å². The molecule has 0 amide bonds. The molecule has 0 saturated carbocycles. The van der Waals surface area contributed by atoms with E-state index in [-0.39, 0.29) is 0 Å². The fourth-order valence-electron chi connectivity index (χ4n) is 1.24. The first kappa shape index (κ1) is 7.12. The average Bonchev–Trinajstić information content (AvgIpc) is 2.49. The van der Waals surface area contributed by atoms with Crippen molar-refractivity contribution in [3.8, 4) is 0 Å². The highest BCUT2D eigenvalue weighted by Gasteiger charge is 2.01. The van der Waals surface area contributed by atoms with Crippen LogP contribution in [0.15, 0.2) is 18.3 Å². The van der Waals surface area contributed by atoms with Crippen molar-refractivity contribution in [1.82, 2.24) is 9.97 Å². The van der Waals surface area contributed by atoms with Gasteiger partial charge in [-0.05, 0) is 12.1 Å². The lowest BCUT2D eigenvalue weighted by Gasteiger charge is -1.91. The third kappa shape index (κ3) is 0.931. The van der Waals surface area contributed by atoms with E-state index in [1.54, 1.807) is 6.20 Å². The summed E-state index contributed by atoms with van der Waals surface area (Å²) in [5.41, 5.74) is 13.1. The van der Waals surface area contributed by atoms with Gasteiger partial charge in [0.2, 0.25) is 0 Å². The highest BCUT2D eigenvalue weighted by atomic mass is 14.8. The number of aromatic amines is 1. The molecule has 62 valence electrons. The van der Waals surface area contributed by atoms with E-state index in [9.17, 15) is 0 Å². The van der Waals surface area contributed by atoms with Crippen molar-refractivity contribution < 1.29 is 0 Å². The number of pyridine rings is 1. The Kier molecular flexibility index (Phi) is 1.48. The number of nitrogen functional groups attached to an aromatic ring is 1. The Labute approximate surface area is 69.6 Å². The molecule has 2 aromatic rings. The standard InChI is InChI=1S/C8H10N4/c9-4-5-3-6-7(12-5)1-2-11-8(6)10/h1-3,12H,4,9H2,(H2,10,11). The SMILES string of the molecule is NCc1cc2c(N)nccc2[nH]1. The Bertz CT molecular complexity index is 404. The zero-order valence-corrected chi connectivity index (χ0v) is 6.54. The molecule has 4 heteroatoms. The molecule has 0 fully saturated rings. The van der Waals surface area contributed by atoms with Gasteiger partial charge in [0.25, 0.3) is 0 Å². The molecule has 0 saturated heterocycles. The minimum atomic E-state index is 0.494. The van der Waals surface area contributed by atoms with Crippen LogP contribution in [0.5, 0.6) is 0 Å². The summed E-state index contributed by atoms with van der Waals surface area (Å²) in [4.78, 5) is 7.11. The molecule has 0 bridgehead atoms. The lowest BCUT2D eigenvalue weighted by molar-refractivity contribution is 1.02. The lowest BCUT2D eigenvalue weighted by atomic mass is 10.3. The summed E-state index contributed by atoms with van der Waals surface area (Å²) in [5.74, 6) is 0.545. The summed E-state index contributed by atoms with van der Waals surface area (Å²) in [6, 6.07) is 3.81. The van der Waals surface area contributed by atoms with Crippen LogP contribution in [0.25, 0.3) is 10.9 Å². The van der Waals surface area contributed by atoms with E-state index >= 15 is 0 Å². The van der Waals surface area contributed by atoms with Crippen molar-refractivity contribution >= 4 is 16.7 Å². The van der Waals surface area contributed by atoms with Gasteiger partial charge < -0.3 is 16.5 Å². The monoisotopic (exact) mass is 162 g/mol. The molecule has 12 heavy (non-hydrogen) atoms. The molecule has 4 nitrogen and oxygen atoms in total. The van der Waals surface area contributed by atoms with E-state index in [2.05, 4.69) is 9.97 Å². The first-order valence-corrected chi connectivity index (χ1v) is 3.73. The van der Waals surface area contributed by atoms with Crippen molar-refractivity contribution in [3.05, 3.63) is 24.0 Å². The number of fused-ring (bicyclic) bond motifs is 1. The zero-order chi connectivity index (χ0) is 8.55. The van der Waals surface area contributed by atoms with Crippen LogP contribution in [0.1, 0.15) is 5.69 Å². The Morgan fingerprint density at radius 2 is 2.33 bits per heavy atom. The van der Waals surface area contributed by atoms with Crippen LogP contribution in [0.2, 0.25) is 0 Å². The van der Waals surface area contributed by atoms with Crippen LogP contribution < -0.4 is 11.5 Å². The molecule has 2 aromatic heterocycles. The summed E-state index contributed by atoms with van der Waals surface area (Å²) < 4.78 is 0. The molecule has 2 heterocycles. The maximum Gasteiger partial charge on any atom is 0.132 e. The van der Waals surface area contributed by atoms with E-state index in [1.165, 1.54) is 0 Å².